The summed E-state index contributed by atoms with van der Waals surface area (Å²) in [4.78, 5) is 0. The number of unbranched alkanes of at least 4 members (excludes halogenated alkanes) is 26. The summed E-state index contributed by atoms with van der Waals surface area (Å²) < 4.78 is 30.7. The standard InChI is InChI=1S/C39H73O4P/c1-3-5-7-9-11-13-15-17-19-21-23-25-27-32-36-41-44(40,43-38-39-34-30-29-31-35-39)42-37-33-28-26-24-22-20-18-16-14-12-10-8-6-4-2/h29-31,34-35H,3-28,32-33,36-38H2,1-2H3. The van der Waals surface area contributed by atoms with E-state index >= 15 is 0 Å². The normalized spacial score (nSPS) is 11.9. The van der Waals surface area contributed by atoms with Gasteiger partial charge in [-0.25, -0.2) is 4.57 Å². The number of phosphoric ester groups is 1. The molecule has 0 aromatic heterocycles. The first-order chi connectivity index (χ1) is 21.7. The number of phosphoric acid groups is 1. The van der Waals surface area contributed by atoms with Gasteiger partial charge in [0, 0.05) is 0 Å². The van der Waals surface area contributed by atoms with Crippen molar-refractivity contribution in [3.63, 3.8) is 0 Å². The third-order valence-electron chi connectivity index (χ3n) is 8.73. The van der Waals surface area contributed by atoms with Crippen molar-refractivity contribution < 1.29 is 18.1 Å². The van der Waals surface area contributed by atoms with E-state index in [1.807, 2.05) is 30.3 Å². The molecule has 1 rings (SSSR count). The van der Waals surface area contributed by atoms with Gasteiger partial charge >= 0.3 is 7.82 Å². The van der Waals surface area contributed by atoms with Crippen molar-refractivity contribution in [1.29, 1.82) is 0 Å². The Labute approximate surface area is 274 Å². The highest BCUT2D eigenvalue weighted by molar-refractivity contribution is 7.48. The molecule has 0 spiro atoms. The highest BCUT2D eigenvalue weighted by Gasteiger charge is 2.26. The van der Waals surface area contributed by atoms with Gasteiger partial charge in [0.25, 0.3) is 0 Å². The summed E-state index contributed by atoms with van der Waals surface area (Å²) in [6.45, 7) is 5.68. The lowest BCUT2D eigenvalue weighted by Crippen LogP contribution is -2.03. The Hall–Kier alpha value is -0.670. The molecule has 0 aliphatic rings. The molecule has 0 bridgehead atoms. The lowest BCUT2D eigenvalue weighted by Gasteiger charge is -2.18. The van der Waals surface area contributed by atoms with Gasteiger partial charge in [0.2, 0.25) is 0 Å². The Kier molecular flexibility index (Phi) is 30.3. The van der Waals surface area contributed by atoms with Gasteiger partial charge in [0.15, 0.2) is 0 Å². The summed E-state index contributed by atoms with van der Waals surface area (Å²) in [5.74, 6) is 0. The first-order valence-corrected chi connectivity index (χ1v) is 20.7. The van der Waals surface area contributed by atoms with Gasteiger partial charge < -0.3 is 0 Å². The Morgan fingerprint density at radius 1 is 0.409 bits per heavy atom. The molecule has 0 aliphatic carbocycles. The topological polar surface area (TPSA) is 44.8 Å². The zero-order valence-electron chi connectivity index (χ0n) is 29.4. The average Bonchev–Trinajstić information content (AvgIpc) is 3.04. The third-order valence-corrected chi connectivity index (χ3v) is 10.2. The molecule has 0 heterocycles. The van der Waals surface area contributed by atoms with Crippen LogP contribution in [0.1, 0.15) is 199 Å². The van der Waals surface area contributed by atoms with Crippen LogP contribution in [-0.2, 0) is 24.7 Å². The molecule has 0 atom stereocenters. The van der Waals surface area contributed by atoms with E-state index in [0.717, 1.165) is 31.2 Å². The quantitative estimate of drug-likeness (QED) is 0.0549. The molecule has 0 saturated heterocycles. The number of rotatable bonds is 35. The summed E-state index contributed by atoms with van der Waals surface area (Å²) in [6.07, 6.45) is 36.8. The molecule has 44 heavy (non-hydrogen) atoms. The van der Waals surface area contributed by atoms with Gasteiger partial charge in [-0.2, -0.15) is 0 Å². The van der Waals surface area contributed by atoms with Gasteiger partial charge in [-0.15, -0.1) is 0 Å². The highest BCUT2D eigenvalue weighted by Crippen LogP contribution is 2.50. The molecular weight excluding hydrogens is 563 g/mol. The van der Waals surface area contributed by atoms with E-state index < -0.39 is 7.82 Å². The maximum atomic E-state index is 13.4. The SMILES string of the molecule is CCCCCCCCCCCCCCCCOP(=O)(OCCCCCCCCCCCCCCCC)OCc1ccccc1. The molecule has 1 aromatic rings. The van der Waals surface area contributed by atoms with Crippen LogP contribution in [0.25, 0.3) is 0 Å². The summed E-state index contributed by atoms with van der Waals surface area (Å²) in [5, 5.41) is 0. The number of hydrogen-bond acceptors (Lipinski definition) is 4. The average molecular weight is 637 g/mol. The predicted molar refractivity (Wildman–Crippen MR) is 191 cm³/mol. The minimum absolute atomic E-state index is 0.246. The van der Waals surface area contributed by atoms with Gasteiger partial charge in [-0.05, 0) is 18.4 Å². The largest absolute Gasteiger partial charge is 0.475 e. The fourth-order valence-corrected chi connectivity index (χ4v) is 7.02. The molecule has 0 amide bonds. The zero-order valence-corrected chi connectivity index (χ0v) is 30.3. The van der Waals surface area contributed by atoms with Crippen molar-refractivity contribution in [1.82, 2.24) is 0 Å². The van der Waals surface area contributed by atoms with Crippen molar-refractivity contribution >= 4 is 7.82 Å². The van der Waals surface area contributed by atoms with E-state index in [9.17, 15) is 4.57 Å². The second kappa shape index (κ2) is 32.3. The minimum atomic E-state index is -3.56. The third kappa shape index (κ3) is 27.6. The van der Waals surface area contributed by atoms with Crippen LogP contribution in [0.3, 0.4) is 0 Å². The molecule has 5 heteroatoms. The predicted octanol–water partition coefficient (Wildman–Crippen LogP) is 14.3. The van der Waals surface area contributed by atoms with Crippen LogP contribution in [0.5, 0.6) is 0 Å². The van der Waals surface area contributed by atoms with Crippen molar-refractivity contribution in [3.8, 4) is 0 Å². The van der Waals surface area contributed by atoms with Crippen LogP contribution in [0.15, 0.2) is 30.3 Å². The second-order valence-electron chi connectivity index (χ2n) is 13.1. The van der Waals surface area contributed by atoms with Crippen molar-refractivity contribution in [2.24, 2.45) is 0 Å². The maximum absolute atomic E-state index is 13.4. The summed E-state index contributed by atoms with van der Waals surface area (Å²) in [7, 11) is -3.56. The number of hydrogen-bond donors (Lipinski definition) is 0. The van der Waals surface area contributed by atoms with Crippen LogP contribution in [0.4, 0.5) is 0 Å². The maximum Gasteiger partial charge on any atom is 0.475 e. The Morgan fingerprint density at radius 2 is 0.705 bits per heavy atom. The number of benzene rings is 1. The summed E-state index contributed by atoms with van der Waals surface area (Å²) >= 11 is 0. The van der Waals surface area contributed by atoms with E-state index in [2.05, 4.69) is 13.8 Å². The minimum Gasteiger partial charge on any atom is -0.287 e. The Bertz CT molecular complexity index is 703. The fraction of sp³-hybridized carbons (Fsp3) is 0.846. The molecule has 4 nitrogen and oxygen atoms in total. The monoisotopic (exact) mass is 637 g/mol. The first kappa shape index (κ1) is 41.4. The van der Waals surface area contributed by atoms with E-state index in [-0.39, 0.29) is 6.61 Å². The fourth-order valence-electron chi connectivity index (χ4n) is 5.79. The van der Waals surface area contributed by atoms with E-state index in [1.165, 1.54) is 154 Å². The zero-order chi connectivity index (χ0) is 31.7. The van der Waals surface area contributed by atoms with Crippen LogP contribution in [0.2, 0.25) is 0 Å². The Balaban J connectivity index is 2.10. The first-order valence-electron chi connectivity index (χ1n) is 19.3. The van der Waals surface area contributed by atoms with Crippen molar-refractivity contribution in [3.05, 3.63) is 35.9 Å². The second-order valence-corrected chi connectivity index (χ2v) is 14.7. The molecule has 0 N–H and O–H groups in total. The van der Waals surface area contributed by atoms with Crippen molar-refractivity contribution in [2.75, 3.05) is 13.2 Å². The molecule has 1 aromatic carbocycles. The van der Waals surface area contributed by atoms with E-state index in [4.69, 9.17) is 13.6 Å². The van der Waals surface area contributed by atoms with E-state index in [0.29, 0.717) is 13.2 Å². The van der Waals surface area contributed by atoms with Gasteiger partial charge in [-0.1, -0.05) is 211 Å². The van der Waals surface area contributed by atoms with Gasteiger partial charge in [0.1, 0.15) is 0 Å². The molecule has 0 radical (unpaired) electrons. The lowest BCUT2D eigenvalue weighted by molar-refractivity contribution is 0.105. The van der Waals surface area contributed by atoms with Crippen LogP contribution in [0, 0.1) is 0 Å². The van der Waals surface area contributed by atoms with Crippen molar-refractivity contribution in [2.45, 2.75) is 200 Å². The molecule has 0 saturated carbocycles. The van der Waals surface area contributed by atoms with Crippen LogP contribution >= 0.6 is 7.82 Å². The summed E-state index contributed by atoms with van der Waals surface area (Å²) in [6, 6.07) is 9.86. The van der Waals surface area contributed by atoms with Crippen LogP contribution < -0.4 is 0 Å². The van der Waals surface area contributed by atoms with Gasteiger partial charge in [-0.3, -0.25) is 13.6 Å². The van der Waals surface area contributed by atoms with Crippen LogP contribution in [-0.4, -0.2) is 13.2 Å². The Morgan fingerprint density at radius 3 is 1.02 bits per heavy atom. The lowest BCUT2D eigenvalue weighted by atomic mass is 10.0. The molecule has 258 valence electrons. The van der Waals surface area contributed by atoms with E-state index in [1.54, 1.807) is 0 Å². The molecule has 0 fully saturated rings. The molecule has 0 unspecified atom stereocenters. The smallest absolute Gasteiger partial charge is 0.287 e. The van der Waals surface area contributed by atoms with Gasteiger partial charge in [0.05, 0.1) is 19.8 Å². The molecule has 0 aliphatic heterocycles. The highest BCUT2D eigenvalue weighted by atomic mass is 31.2. The summed E-state index contributed by atoms with van der Waals surface area (Å²) in [5.41, 5.74) is 0.980. The molecular formula is C39H73O4P.